The van der Waals surface area contributed by atoms with Crippen molar-refractivity contribution in [3.63, 3.8) is 0 Å². The van der Waals surface area contributed by atoms with Crippen molar-refractivity contribution in [2.75, 3.05) is 6.61 Å². The van der Waals surface area contributed by atoms with E-state index in [2.05, 4.69) is 6.92 Å². The van der Waals surface area contributed by atoms with Gasteiger partial charge in [0, 0.05) is 6.07 Å². The highest BCUT2D eigenvalue weighted by atomic mass is 19.1. The van der Waals surface area contributed by atoms with Crippen molar-refractivity contribution in [3.8, 4) is 5.75 Å². The van der Waals surface area contributed by atoms with Gasteiger partial charge in [-0.3, -0.25) is 0 Å². The Kier molecular flexibility index (Phi) is 5.26. The van der Waals surface area contributed by atoms with Crippen molar-refractivity contribution in [1.82, 2.24) is 0 Å². The number of unbranched alkanes of at least 4 members (excludes halogenated alkanes) is 1. The van der Waals surface area contributed by atoms with Crippen LogP contribution in [0.5, 0.6) is 5.75 Å². The van der Waals surface area contributed by atoms with Crippen LogP contribution in [0.25, 0.3) is 0 Å². The fourth-order valence-corrected chi connectivity index (χ4v) is 1.47. The van der Waals surface area contributed by atoms with Gasteiger partial charge in [0.25, 0.3) is 0 Å². The zero-order valence-corrected chi connectivity index (χ0v) is 9.87. The van der Waals surface area contributed by atoms with Gasteiger partial charge in [0.05, 0.1) is 6.61 Å². The van der Waals surface area contributed by atoms with Gasteiger partial charge in [0.2, 0.25) is 0 Å². The minimum Gasteiger partial charge on any atom is -0.488 e. The van der Waals surface area contributed by atoms with E-state index in [1.54, 1.807) is 13.0 Å². The Balaban J connectivity index is 2.80. The molecule has 0 amide bonds. The third-order valence-corrected chi connectivity index (χ3v) is 2.41. The molecule has 0 fully saturated rings. The molecule has 1 N–H and O–H groups in total. The summed E-state index contributed by atoms with van der Waals surface area (Å²) in [5.74, 6) is 0.246. The van der Waals surface area contributed by atoms with E-state index in [0.717, 1.165) is 24.8 Å². The summed E-state index contributed by atoms with van der Waals surface area (Å²) >= 11 is 0. The van der Waals surface area contributed by atoms with Crippen LogP contribution in [0.15, 0.2) is 18.2 Å². The number of aliphatic hydroxyl groups is 1. The molecule has 0 aliphatic rings. The largest absolute Gasteiger partial charge is 0.488 e. The molecule has 0 aliphatic heterocycles. The van der Waals surface area contributed by atoms with Crippen LogP contribution in [0.4, 0.5) is 4.39 Å². The summed E-state index contributed by atoms with van der Waals surface area (Å²) in [5, 5.41) is 8.91. The topological polar surface area (TPSA) is 29.5 Å². The van der Waals surface area contributed by atoms with E-state index in [-0.39, 0.29) is 18.5 Å². The fourth-order valence-electron chi connectivity index (χ4n) is 1.47. The summed E-state index contributed by atoms with van der Waals surface area (Å²) in [4.78, 5) is 0. The van der Waals surface area contributed by atoms with Crippen molar-refractivity contribution in [2.45, 2.75) is 39.2 Å². The highest BCUT2D eigenvalue weighted by Crippen LogP contribution is 2.23. The Labute approximate surface area is 96.1 Å². The van der Waals surface area contributed by atoms with Crippen molar-refractivity contribution < 1.29 is 14.2 Å². The molecule has 0 saturated heterocycles. The van der Waals surface area contributed by atoms with Gasteiger partial charge < -0.3 is 9.84 Å². The van der Waals surface area contributed by atoms with Gasteiger partial charge in [-0.05, 0) is 31.4 Å². The molecule has 0 radical (unpaired) electrons. The summed E-state index contributed by atoms with van der Waals surface area (Å²) < 4.78 is 18.6. The molecular formula is C13H19FO2. The molecule has 3 heteroatoms. The maximum Gasteiger partial charge on any atom is 0.126 e. The maximum absolute atomic E-state index is 13.1. The summed E-state index contributed by atoms with van der Waals surface area (Å²) in [6, 6.07) is 4.59. The number of ether oxygens (including phenoxy) is 1. The molecule has 0 spiro atoms. The minimum atomic E-state index is -0.305. The van der Waals surface area contributed by atoms with E-state index in [1.165, 1.54) is 12.1 Å². The average Bonchev–Trinajstić information content (AvgIpc) is 2.28. The van der Waals surface area contributed by atoms with Crippen molar-refractivity contribution >= 4 is 0 Å². The Morgan fingerprint density at radius 3 is 2.81 bits per heavy atom. The van der Waals surface area contributed by atoms with Crippen LogP contribution >= 0.6 is 0 Å². The number of aryl methyl sites for hydroxylation is 1. The van der Waals surface area contributed by atoms with Crippen LogP contribution in [-0.4, -0.2) is 17.8 Å². The zero-order chi connectivity index (χ0) is 12.0. The maximum atomic E-state index is 13.1. The zero-order valence-electron chi connectivity index (χ0n) is 9.87. The lowest BCUT2D eigenvalue weighted by Gasteiger charge is -2.15. The molecule has 0 aliphatic carbocycles. The quantitative estimate of drug-likeness (QED) is 0.808. The molecule has 1 aromatic carbocycles. The van der Waals surface area contributed by atoms with Gasteiger partial charge in [-0.15, -0.1) is 0 Å². The summed E-state index contributed by atoms with van der Waals surface area (Å²) in [5.41, 5.74) is 1.00. The molecule has 2 nitrogen and oxygen atoms in total. The summed E-state index contributed by atoms with van der Waals surface area (Å²) in [7, 11) is 0. The van der Waals surface area contributed by atoms with Crippen LogP contribution in [0.3, 0.4) is 0 Å². The molecule has 1 rings (SSSR count). The number of rotatable bonds is 6. The molecule has 90 valence electrons. The second-order valence-electron chi connectivity index (χ2n) is 3.97. The normalized spacial score (nSPS) is 12.5. The third-order valence-electron chi connectivity index (χ3n) is 2.41. The monoisotopic (exact) mass is 226 g/mol. The van der Waals surface area contributed by atoms with Gasteiger partial charge in [0.1, 0.15) is 17.7 Å². The molecule has 0 bridgehead atoms. The number of benzene rings is 1. The fraction of sp³-hybridized carbons (Fsp3) is 0.538. The lowest BCUT2D eigenvalue weighted by atomic mass is 10.1. The van der Waals surface area contributed by atoms with E-state index < -0.39 is 0 Å². The first kappa shape index (κ1) is 13.0. The summed E-state index contributed by atoms with van der Waals surface area (Å²) in [6.07, 6.45) is 2.72. The lowest BCUT2D eigenvalue weighted by Crippen LogP contribution is -2.17. The van der Waals surface area contributed by atoms with Crippen LogP contribution in [0.1, 0.15) is 32.3 Å². The van der Waals surface area contributed by atoms with E-state index in [1.807, 2.05) is 0 Å². The van der Waals surface area contributed by atoms with Gasteiger partial charge in [-0.25, -0.2) is 4.39 Å². The molecular weight excluding hydrogens is 207 g/mol. The first-order valence-electron chi connectivity index (χ1n) is 5.73. The highest BCUT2D eigenvalue weighted by Gasteiger charge is 2.08. The van der Waals surface area contributed by atoms with E-state index in [0.29, 0.717) is 5.75 Å². The second-order valence-corrected chi connectivity index (χ2v) is 3.97. The van der Waals surface area contributed by atoms with Crippen LogP contribution in [0.2, 0.25) is 0 Å². The SMILES string of the molecule is CCCCc1ccc(F)cc1O[C@H](C)CO. The lowest BCUT2D eigenvalue weighted by molar-refractivity contribution is 0.128. The predicted octanol–water partition coefficient (Wildman–Crippen LogP) is 2.93. The number of halogens is 1. The predicted molar refractivity (Wildman–Crippen MR) is 62.2 cm³/mol. The number of aliphatic hydroxyl groups excluding tert-OH is 1. The van der Waals surface area contributed by atoms with Crippen molar-refractivity contribution in [2.24, 2.45) is 0 Å². The van der Waals surface area contributed by atoms with Crippen LogP contribution in [-0.2, 0) is 6.42 Å². The average molecular weight is 226 g/mol. The Bertz CT molecular complexity index is 326. The minimum absolute atomic E-state index is 0.0657. The van der Waals surface area contributed by atoms with Crippen LogP contribution in [0, 0.1) is 5.82 Å². The number of hydrogen-bond donors (Lipinski definition) is 1. The molecule has 0 saturated carbocycles. The van der Waals surface area contributed by atoms with Crippen molar-refractivity contribution in [1.29, 1.82) is 0 Å². The first-order chi connectivity index (χ1) is 7.67. The Morgan fingerprint density at radius 1 is 1.44 bits per heavy atom. The van der Waals surface area contributed by atoms with Gasteiger partial charge >= 0.3 is 0 Å². The van der Waals surface area contributed by atoms with Crippen LogP contribution < -0.4 is 4.74 Å². The van der Waals surface area contributed by atoms with E-state index in [4.69, 9.17) is 9.84 Å². The number of hydrogen-bond acceptors (Lipinski definition) is 2. The second kappa shape index (κ2) is 6.48. The highest BCUT2D eigenvalue weighted by molar-refractivity contribution is 5.34. The van der Waals surface area contributed by atoms with Gasteiger partial charge in [-0.2, -0.15) is 0 Å². The standard InChI is InChI=1S/C13H19FO2/c1-3-4-5-11-6-7-12(14)8-13(11)16-10(2)9-15/h6-8,10,15H,3-5,9H2,1-2H3/t10-/m1/s1. The third kappa shape index (κ3) is 3.81. The molecule has 0 unspecified atom stereocenters. The molecule has 1 atom stereocenters. The van der Waals surface area contributed by atoms with Gasteiger partial charge in [-0.1, -0.05) is 19.4 Å². The first-order valence-corrected chi connectivity index (χ1v) is 5.73. The smallest absolute Gasteiger partial charge is 0.126 e. The van der Waals surface area contributed by atoms with Gasteiger partial charge in [0.15, 0.2) is 0 Å². The summed E-state index contributed by atoms with van der Waals surface area (Å²) in [6.45, 7) is 3.80. The molecule has 0 aromatic heterocycles. The Morgan fingerprint density at radius 2 is 2.19 bits per heavy atom. The Hall–Kier alpha value is -1.09. The van der Waals surface area contributed by atoms with Crippen molar-refractivity contribution in [3.05, 3.63) is 29.6 Å². The van der Waals surface area contributed by atoms with E-state index in [9.17, 15) is 4.39 Å². The molecule has 1 aromatic rings. The molecule has 0 heterocycles. The molecule has 16 heavy (non-hydrogen) atoms. The van der Waals surface area contributed by atoms with E-state index >= 15 is 0 Å².